The molecule has 0 amide bonds. The van der Waals surface area contributed by atoms with Gasteiger partial charge in [-0.2, -0.15) is 0 Å². The van der Waals surface area contributed by atoms with E-state index >= 15 is 0 Å². The molecule has 0 atom stereocenters. The van der Waals surface area contributed by atoms with Crippen LogP contribution in [-0.2, 0) is 13.1 Å². The van der Waals surface area contributed by atoms with E-state index in [0.717, 1.165) is 23.8 Å². The highest BCUT2D eigenvalue weighted by Crippen LogP contribution is 2.14. The average molecular weight is 319 g/mol. The molecule has 1 aromatic carbocycles. The van der Waals surface area contributed by atoms with Crippen molar-refractivity contribution in [2.24, 2.45) is 0 Å². The van der Waals surface area contributed by atoms with Crippen LogP contribution in [0.2, 0.25) is 0 Å². The van der Waals surface area contributed by atoms with Crippen molar-refractivity contribution < 1.29 is 0 Å². The minimum atomic E-state index is 0.677. The van der Waals surface area contributed by atoms with Gasteiger partial charge in [0.1, 0.15) is 5.82 Å². The van der Waals surface area contributed by atoms with Crippen LogP contribution in [0.4, 0.5) is 5.82 Å². The summed E-state index contributed by atoms with van der Waals surface area (Å²) in [6.07, 6.45) is 9.19. The summed E-state index contributed by atoms with van der Waals surface area (Å²) in [5.74, 6) is 1.58. The Bertz CT molecular complexity index is 956. The van der Waals surface area contributed by atoms with Gasteiger partial charge in [-0.1, -0.05) is 24.3 Å². The Morgan fingerprint density at radius 1 is 1.08 bits per heavy atom. The lowest BCUT2D eigenvalue weighted by Crippen LogP contribution is -2.05. The molecule has 0 saturated carbocycles. The zero-order valence-electron chi connectivity index (χ0n) is 13.3. The molecule has 0 aliphatic carbocycles. The van der Waals surface area contributed by atoms with Crippen molar-refractivity contribution in [3.63, 3.8) is 0 Å². The van der Waals surface area contributed by atoms with E-state index in [1.165, 1.54) is 11.1 Å². The summed E-state index contributed by atoms with van der Waals surface area (Å²) in [4.78, 5) is 8.45. The van der Waals surface area contributed by atoms with Gasteiger partial charge in [-0.15, -0.1) is 10.2 Å². The highest BCUT2D eigenvalue weighted by atomic mass is 15.3. The summed E-state index contributed by atoms with van der Waals surface area (Å²) in [5, 5.41) is 11.6. The normalized spacial score (nSPS) is 11.0. The van der Waals surface area contributed by atoms with E-state index in [2.05, 4.69) is 49.7 Å². The highest BCUT2D eigenvalue weighted by molar-refractivity contribution is 5.62. The molecule has 3 aromatic heterocycles. The van der Waals surface area contributed by atoms with Gasteiger partial charge in [-0.05, 0) is 18.1 Å². The van der Waals surface area contributed by atoms with Crippen molar-refractivity contribution in [1.82, 2.24) is 29.1 Å². The predicted molar refractivity (Wildman–Crippen MR) is 90.6 cm³/mol. The van der Waals surface area contributed by atoms with Crippen LogP contribution in [-0.4, -0.2) is 29.1 Å². The van der Waals surface area contributed by atoms with Gasteiger partial charge in [-0.25, -0.2) is 9.97 Å². The van der Waals surface area contributed by atoms with E-state index in [0.29, 0.717) is 6.54 Å². The zero-order valence-corrected chi connectivity index (χ0v) is 13.3. The van der Waals surface area contributed by atoms with Gasteiger partial charge in [0.25, 0.3) is 0 Å². The summed E-state index contributed by atoms with van der Waals surface area (Å²) >= 11 is 0. The van der Waals surface area contributed by atoms with Crippen LogP contribution in [0.25, 0.3) is 5.65 Å². The summed E-state index contributed by atoms with van der Waals surface area (Å²) in [7, 11) is 0. The molecule has 4 rings (SSSR count). The number of aromatic nitrogens is 6. The van der Waals surface area contributed by atoms with Gasteiger partial charge < -0.3 is 9.88 Å². The van der Waals surface area contributed by atoms with E-state index in [1.807, 2.05) is 34.6 Å². The molecule has 0 radical (unpaired) electrons. The fourth-order valence-corrected chi connectivity index (χ4v) is 2.68. The molecule has 0 bridgehead atoms. The number of fused-ring (bicyclic) bond motifs is 1. The molecule has 4 aromatic rings. The zero-order chi connectivity index (χ0) is 16.4. The van der Waals surface area contributed by atoms with Gasteiger partial charge in [0.15, 0.2) is 5.82 Å². The van der Waals surface area contributed by atoms with Crippen LogP contribution < -0.4 is 5.32 Å². The van der Waals surface area contributed by atoms with Crippen LogP contribution in [0, 0.1) is 6.92 Å². The first kappa shape index (κ1) is 14.4. The molecule has 7 nitrogen and oxygen atoms in total. The molecule has 1 N–H and O–H groups in total. The topological polar surface area (TPSA) is 72.9 Å². The second kappa shape index (κ2) is 6.11. The standard InChI is InChI=1S/C17H17N7/c1-13-21-22-17-16(19-6-8-24(13)17)20-10-14-3-2-4-15(9-14)11-23-7-5-18-12-23/h2-9,12H,10-11H2,1H3,(H,19,20). The van der Waals surface area contributed by atoms with Crippen molar-refractivity contribution >= 4 is 11.5 Å². The number of rotatable bonds is 5. The Hall–Kier alpha value is -3.22. The molecule has 0 aliphatic heterocycles. The molecule has 120 valence electrons. The molecular formula is C17H17N7. The minimum Gasteiger partial charge on any atom is -0.363 e. The van der Waals surface area contributed by atoms with Crippen molar-refractivity contribution in [3.8, 4) is 0 Å². The maximum atomic E-state index is 4.37. The third-order valence-electron chi connectivity index (χ3n) is 3.87. The maximum absolute atomic E-state index is 4.37. The summed E-state index contributed by atoms with van der Waals surface area (Å²) in [5.41, 5.74) is 3.16. The van der Waals surface area contributed by atoms with E-state index in [1.54, 1.807) is 12.4 Å². The van der Waals surface area contributed by atoms with Gasteiger partial charge in [0.2, 0.25) is 5.65 Å². The molecule has 0 fully saturated rings. The minimum absolute atomic E-state index is 0.677. The van der Waals surface area contributed by atoms with Gasteiger partial charge >= 0.3 is 0 Å². The molecule has 7 heteroatoms. The second-order valence-electron chi connectivity index (χ2n) is 5.63. The number of aryl methyl sites for hydroxylation is 1. The first-order valence-corrected chi connectivity index (χ1v) is 7.73. The number of imidazole rings is 1. The number of hydrogen-bond acceptors (Lipinski definition) is 5. The monoisotopic (exact) mass is 319 g/mol. The lowest BCUT2D eigenvalue weighted by atomic mass is 10.1. The van der Waals surface area contributed by atoms with Gasteiger partial charge in [-0.3, -0.25) is 4.40 Å². The Morgan fingerprint density at radius 3 is 2.88 bits per heavy atom. The molecule has 0 aliphatic rings. The van der Waals surface area contributed by atoms with Crippen LogP contribution >= 0.6 is 0 Å². The van der Waals surface area contributed by atoms with Crippen molar-refractivity contribution in [2.75, 3.05) is 5.32 Å². The van der Waals surface area contributed by atoms with E-state index < -0.39 is 0 Å². The van der Waals surface area contributed by atoms with Crippen LogP contribution in [0.1, 0.15) is 17.0 Å². The van der Waals surface area contributed by atoms with Gasteiger partial charge in [0, 0.05) is 37.9 Å². The highest BCUT2D eigenvalue weighted by Gasteiger charge is 2.07. The largest absolute Gasteiger partial charge is 0.363 e. The Kier molecular flexibility index (Phi) is 3.66. The number of nitrogens with zero attached hydrogens (tertiary/aromatic N) is 6. The molecule has 0 spiro atoms. The lowest BCUT2D eigenvalue weighted by Gasteiger charge is -2.09. The van der Waals surface area contributed by atoms with Crippen LogP contribution in [0.3, 0.4) is 0 Å². The quantitative estimate of drug-likeness (QED) is 0.611. The molecule has 0 unspecified atom stereocenters. The van der Waals surface area contributed by atoms with Crippen molar-refractivity contribution in [3.05, 3.63) is 72.3 Å². The third-order valence-corrected chi connectivity index (χ3v) is 3.87. The lowest BCUT2D eigenvalue weighted by molar-refractivity contribution is 0.796. The molecule has 0 saturated heterocycles. The first-order chi connectivity index (χ1) is 11.8. The number of nitrogens with one attached hydrogen (secondary N) is 1. The summed E-state index contributed by atoms with van der Waals surface area (Å²) in [6, 6.07) is 8.46. The fourth-order valence-electron chi connectivity index (χ4n) is 2.68. The van der Waals surface area contributed by atoms with Crippen LogP contribution in [0.15, 0.2) is 55.4 Å². The van der Waals surface area contributed by atoms with Crippen molar-refractivity contribution in [1.29, 1.82) is 0 Å². The third kappa shape index (κ3) is 2.83. The first-order valence-electron chi connectivity index (χ1n) is 7.73. The summed E-state index contributed by atoms with van der Waals surface area (Å²) < 4.78 is 3.97. The van der Waals surface area contributed by atoms with E-state index in [-0.39, 0.29) is 0 Å². The number of anilines is 1. The maximum Gasteiger partial charge on any atom is 0.203 e. The molecule has 24 heavy (non-hydrogen) atoms. The fraction of sp³-hybridized carbons (Fsp3) is 0.176. The second-order valence-corrected chi connectivity index (χ2v) is 5.63. The SMILES string of the molecule is Cc1nnc2c(NCc3cccc(Cn4ccnc4)c3)nccn12. The smallest absolute Gasteiger partial charge is 0.203 e. The Balaban J connectivity index is 1.51. The predicted octanol–water partition coefficient (Wildman–Crippen LogP) is 2.29. The van der Waals surface area contributed by atoms with E-state index in [9.17, 15) is 0 Å². The van der Waals surface area contributed by atoms with Crippen LogP contribution in [0.5, 0.6) is 0 Å². The van der Waals surface area contributed by atoms with Crippen molar-refractivity contribution in [2.45, 2.75) is 20.0 Å². The Labute approximate surface area is 139 Å². The Morgan fingerprint density at radius 2 is 2.00 bits per heavy atom. The summed E-state index contributed by atoms with van der Waals surface area (Å²) in [6.45, 7) is 3.41. The molecular weight excluding hydrogens is 302 g/mol. The average Bonchev–Trinajstić information content (AvgIpc) is 3.24. The number of hydrogen-bond donors (Lipinski definition) is 1. The van der Waals surface area contributed by atoms with Gasteiger partial charge in [0.05, 0.1) is 6.33 Å². The molecule has 3 heterocycles. The number of benzene rings is 1. The van der Waals surface area contributed by atoms with E-state index in [4.69, 9.17) is 0 Å².